The Morgan fingerprint density at radius 3 is 2.06 bits per heavy atom. The van der Waals surface area contributed by atoms with Crippen LogP contribution < -0.4 is 0 Å². The van der Waals surface area contributed by atoms with Crippen LogP contribution in [0.4, 0.5) is 0 Å². The summed E-state index contributed by atoms with van der Waals surface area (Å²) in [6, 6.07) is 6.31. The van der Waals surface area contributed by atoms with Crippen molar-refractivity contribution in [2.75, 3.05) is 0 Å². The van der Waals surface area contributed by atoms with Crippen molar-refractivity contribution >= 4 is 5.71 Å². The third kappa shape index (κ3) is 3.06. The number of aryl methyl sites for hydroxylation is 2. The highest BCUT2D eigenvalue weighted by Crippen LogP contribution is 2.12. The minimum absolute atomic E-state index is 0.647. The largest absolute Gasteiger partial charge is 0.249 e. The fourth-order valence-corrected chi connectivity index (χ4v) is 1.55. The number of rotatable bonds is 4. The zero-order valence-corrected chi connectivity index (χ0v) is 9.96. The van der Waals surface area contributed by atoms with Crippen molar-refractivity contribution in [1.29, 1.82) is 0 Å². The monoisotopic (exact) mass is 211 g/mol. The molecular formula is C15H17N. The summed E-state index contributed by atoms with van der Waals surface area (Å²) in [7, 11) is 0. The normalized spacial score (nSPS) is 11.0. The first-order valence-corrected chi connectivity index (χ1v) is 5.18. The fourth-order valence-electron chi connectivity index (χ4n) is 1.55. The van der Waals surface area contributed by atoms with E-state index < -0.39 is 0 Å². The molecule has 0 saturated heterocycles. The van der Waals surface area contributed by atoms with Gasteiger partial charge in [0.05, 0.1) is 11.4 Å². The molecule has 16 heavy (non-hydrogen) atoms. The molecule has 1 aromatic carbocycles. The van der Waals surface area contributed by atoms with Gasteiger partial charge < -0.3 is 0 Å². The van der Waals surface area contributed by atoms with Gasteiger partial charge in [0.2, 0.25) is 0 Å². The molecule has 0 aromatic heterocycles. The Balaban J connectivity index is 3.23. The van der Waals surface area contributed by atoms with E-state index in [4.69, 9.17) is 0 Å². The van der Waals surface area contributed by atoms with E-state index in [0.29, 0.717) is 5.70 Å². The molecule has 0 fully saturated rings. The maximum atomic E-state index is 4.35. The molecular weight excluding hydrogens is 194 g/mol. The van der Waals surface area contributed by atoms with E-state index in [2.05, 4.69) is 56.8 Å². The molecule has 1 nitrogen and oxygen atoms in total. The summed E-state index contributed by atoms with van der Waals surface area (Å²) < 4.78 is 0. The fraction of sp³-hybridized carbons (Fsp3) is 0.133. The predicted octanol–water partition coefficient (Wildman–Crippen LogP) is 3.98. The van der Waals surface area contributed by atoms with Crippen LogP contribution in [0.25, 0.3) is 0 Å². The van der Waals surface area contributed by atoms with Crippen molar-refractivity contribution in [3.05, 3.63) is 72.5 Å². The third-order valence-corrected chi connectivity index (χ3v) is 2.21. The van der Waals surface area contributed by atoms with E-state index >= 15 is 0 Å². The van der Waals surface area contributed by atoms with E-state index in [9.17, 15) is 0 Å². The standard InChI is InChI=1S/C15H17N/c1-6-13(5)16-15(7-2)14-9-11(3)8-12(4)10-14/h6-10H,1-2,5H2,3-4H3/b16-15+. The van der Waals surface area contributed by atoms with Gasteiger partial charge in [-0.3, -0.25) is 0 Å². The van der Waals surface area contributed by atoms with Gasteiger partial charge in [0.15, 0.2) is 0 Å². The number of nitrogens with zero attached hydrogens (tertiary/aromatic N) is 1. The predicted molar refractivity (Wildman–Crippen MR) is 72.0 cm³/mol. The quantitative estimate of drug-likeness (QED) is 0.527. The molecule has 82 valence electrons. The topological polar surface area (TPSA) is 12.4 Å². The van der Waals surface area contributed by atoms with Crippen molar-refractivity contribution in [1.82, 2.24) is 0 Å². The first kappa shape index (κ1) is 12.2. The molecule has 0 amide bonds. The molecule has 0 aliphatic carbocycles. The average Bonchev–Trinajstić information content (AvgIpc) is 2.24. The third-order valence-electron chi connectivity index (χ3n) is 2.21. The highest BCUT2D eigenvalue weighted by molar-refractivity contribution is 6.09. The van der Waals surface area contributed by atoms with Crippen molar-refractivity contribution in [3.63, 3.8) is 0 Å². The minimum atomic E-state index is 0.647. The molecule has 0 radical (unpaired) electrons. The molecule has 1 aromatic rings. The molecule has 0 N–H and O–H groups in total. The molecule has 0 atom stereocenters. The summed E-state index contributed by atoms with van der Waals surface area (Å²) in [5.41, 5.74) is 4.98. The zero-order chi connectivity index (χ0) is 12.1. The van der Waals surface area contributed by atoms with Crippen LogP contribution in [0.5, 0.6) is 0 Å². The Bertz CT molecular complexity index is 444. The molecule has 0 aliphatic heterocycles. The van der Waals surface area contributed by atoms with Crippen LogP contribution >= 0.6 is 0 Å². The Morgan fingerprint density at radius 1 is 1.06 bits per heavy atom. The Kier molecular flexibility index (Phi) is 4.01. The maximum Gasteiger partial charge on any atom is 0.0703 e. The van der Waals surface area contributed by atoms with Crippen LogP contribution in [0, 0.1) is 13.8 Å². The van der Waals surface area contributed by atoms with Gasteiger partial charge >= 0.3 is 0 Å². The Hall–Kier alpha value is -1.89. The lowest BCUT2D eigenvalue weighted by atomic mass is 10.0. The van der Waals surface area contributed by atoms with Gasteiger partial charge in [0.25, 0.3) is 0 Å². The van der Waals surface area contributed by atoms with Crippen molar-refractivity contribution in [2.24, 2.45) is 4.99 Å². The lowest BCUT2D eigenvalue weighted by Crippen LogP contribution is -1.98. The van der Waals surface area contributed by atoms with E-state index in [0.717, 1.165) is 11.3 Å². The highest BCUT2D eigenvalue weighted by Gasteiger charge is 2.01. The van der Waals surface area contributed by atoms with E-state index in [1.54, 1.807) is 12.2 Å². The summed E-state index contributed by atoms with van der Waals surface area (Å²) in [4.78, 5) is 4.35. The molecule has 0 aliphatic rings. The van der Waals surface area contributed by atoms with Gasteiger partial charge in [-0.05, 0) is 38.1 Å². The summed E-state index contributed by atoms with van der Waals surface area (Å²) in [6.07, 6.45) is 3.37. The van der Waals surface area contributed by atoms with E-state index in [1.807, 2.05) is 0 Å². The van der Waals surface area contributed by atoms with Gasteiger partial charge in [0, 0.05) is 5.56 Å². The van der Waals surface area contributed by atoms with Crippen LogP contribution in [0.2, 0.25) is 0 Å². The lowest BCUT2D eigenvalue weighted by molar-refractivity contribution is 1.36. The Morgan fingerprint density at radius 2 is 1.62 bits per heavy atom. The summed E-state index contributed by atoms with van der Waals surface area (Å²) in [6.45, 7) is 15.3. The summed E-state index contributed by atoms with van der Waals surface area (Å²) in [5, 5.41) is 0. The molecule has 0 heterocycles. The maximum absolute atomic E-state index is 4.35. The first-order valence-electron chi connectivity index (χ1n) is 5.18. The van der Waals surface area contributed by atoms with Crippen LogP contribution in [-0.2, 0) is 0 Å². The number of hydrogen-bond donors (Lipinski definition) is 0. The van der Waals surface area contributed by atoms with Gasteiger partial charge in [-0.15, -0.1) is 0 Å². The minimum Gasteiger partial charge on any atom is -0.249 e. The molecule has 1 rings (SSSR count). The molecule has 1 heteroatoms. The average molecular weight is 211 g/mol. The van der Waals surface area contributed by atoms with Crippen molar-refractivity contribution in [3.8, 4) is 0 Å². The van der Waals surface area contributed by atoms with Gasteiger partial charge in [-0.2, -0.15) is 0 Å². The molecule has 0 spiro atoms. The second kappa shape index (κ2) is 5.26. The second-order valence-electron chi connectivity index (χ2n) is 3.77. The molecule has 0 bridgehead atoms. The number of benzene rings is 1. The highest BCUT2D eigenvalue weighted by atomic mass is 14.7. The van der Waals surface area contributed by atoms with E-state index in [1.165, 1.54) is 11.1 Å². The zero-order valence-electron chi connectivity index (χ0n) is 9.96. The van der Waals surface area contributed by atoms with Crippen LogP contribution in [0.1, 0.15) is 16.7 Å². The SMILES string of the molecule is C=CC(=C)/N=C(\C=C)c1cc(C)cc(C)c1. The second-order valence-corrected chi connectivity index (χ2v) is 3.77. The summed E-state index contributed by atoms with van der Waals surface area (Å²) >= 11 is 0. The van der Waals surface area contributed by atoms with Gasteiger partial charge in [-0.1, -0.05) is 36.9 Å². The van der Waals surface area contributed by atoms with Crippen LogP contribution in [-0.4, -0.2) is 5.71 Å². The number of hydrogen-bond acceptors (Lipinski definition) is 1. The lowest BCUT2D eigenvalue weighted by Gasteiger charge is -2.05. The van der Waals surface area contributed by atoms with Crippen molar-refractivity contribution < 1.29 is 0 Å². The Labute approximate surface area is 97.5 Å². The van der Waals surface area contributed by atoms with Gasteiger partial charge in [-0.25, -0.2) is 4.99 Å². The summed E-state index contributed by atoms with van der Waals surface area (Å²) in [5.74, 6) is 0. The van der Waals surface area contributed by atoms with Crippen LogP contribution in [0.3, 0.4) is 0 Å². The first-order chi connectivity index (χ1) is 7.56. The van der Waals surface area contributed by atoms with E-state index in [-0.39, 0.29) is 0 Å². The molecule has 0 saturated carbocycles. The van der Waals surface area contributed by atoms with Crippen molar-refractivity contribution in [2.45, 2.75) is 13.8 Å². The number of aliphatic imine (C=N–C) groups is 1. The molecule has 0 unspecified atom stereocenters. The smallest absolute Gasteiger partial charge is 0.0703 e. The number of allylic oxidation sites excluding steroid dienone is 2. The van der Waals surface area contributed by atoms with Gasteiger partial charge in [0.1, 0.15) is 0 Å². The van der Waals surface area contributed by atoms with Crippen LogP contribution in [0.15, 0.2) is 60.8 Å².